The minimum atomic E-state index is -1.70. The Morgan fingerprint density at radius 3 is 1.43 bits per heavy atom. The number of morpholine rings is 1. The summed E-state index contributed by atoms with van der Waals surface area (Å²) in [5, 5.41) is 4.40. The molecule has 1 heterocycles. The Hall–Kier alpha value is -1.26. The Labute approximate surface area is 186 Å². The summed E-state index contributed by atoms with van der Waals surface area (Å²) >= 11 is 0. The van der Waals surface area contributed by atoms with Crippen molar-refractivity contribution in [2.45, 2.75) is 0 Å². The number of hydrogen-bond donors (Lipinski definition) is 0. The first-order valence-electron chi connectivity index (χ1n) is 9.75. The Morgan fingerprint density at radius 1 is 0.643 bits per heavy atom. The molecule has 0 atom stereocenters. The fourth-order valence-corrected chi connectivity index (χ4v) is 8.29. The molecule has 1 aliphatic rings. The molecule has 3 aromatic carbocycles. The van der Waals surface area contributed by atoms with E-state index in [2.05, 4.69) is 95.9 Å². The minimum Gasteiger partial charge on any atom is -1.00 e. The topological polar surface area (TPSA) is 12.5 Å². The molecule has 0 amide bonds. The number of ether oxygens (including phenoxy) is 1. The molecule has 1 aliphatic heterocycles. The Kier molecular flexibility index (Phi) is 8.04. The molecular weight excluding hydrogens is 476 g/mol. The third-order valence-electron chi connectivity index (χ3n) is 5.45. The van der Waals surface area contributed by atoms with E-state index in [0.717, 1.165) is 39.0 Å². The van der Waals surface area contributed by atoms with E-state index in [0.29, 0.717) is 0 Å². The lowest BCUT2D eigenvalue weighted by molar-refractivity contribution is -0.00000666. The van der Waals surface area contributed by atoms with E-state index in [1.165, 1.54) is 15.9 Å². The lowest BCUT2D eigenvalue weighted by atomic mass is 10.4. The quantitative estimate of drug-likeness (QED) is 0.355. The molecule has 0 aliphatic carbocycles. The smallest absolute Gasteiger partial charge is 0.113 e. The maximum Gasteiger partial charge on any atom is 0.113 e. The van der Waals surface area contributed by atoms with Gasteiger partial charge in [0.25, 0.3) is 0 Å². The minimum absolute atomic E-state index is 0. The molecule has 0 aromatic heterocycles. The molecule has 0 radical (unpaired) electrons. The highest BCUT2D eigenvalue weighted by Crippen LogP contribution is 2.55. The zero-order chi connectivity index (χ0) is 18.4. The van der Waals surface area contributed by atoms with Crippen molar-refractivity contribution in [1.82, 2.24) is 4.90 Å². The van der Waals surface area contributed by atoms with Gasteiger partial charge in [-0.15, -0.1) is 0 Å². The molecule has 1 fully saturated rings. The van der Waals surface area contributed by atoms with E-state index < -0.39 is 7.26 Å². The zero-order valence-corrected chi connectivity index (χ0v) is 19.1. The highest BCUT2D eigenvalue weighted by Gasteiger charge is 2.45. The number of halogens is 1. The van der Waals surface area contributed by atoms with Crippen LogP contribution in [0.2, 0.25) is 0 Å². The average molecular weight is 503 g/mol. The Bertz CT molecular complexity index is 726. The van der Waals surface area contributed by atoms with Gasteiger partial charge in [0.2, 0.25) is 0 Å². The SMILES string of the molecule is [I-].c1ccc([P+](CCN2CCOCC2)(c2ccccc2)c2ccccc2)cc1. The van der Waals surface area contributed by atoms with Crippen molar-refractivity contribution in [3.05, 3.63) is 91.0 Å². The predicted octanol–water partition coefficient (Wildman–Crippen LogP) is 0.317. The molecule has 3 aromatic rings. The van der Waals surface area contributed by atoms with Crippen LogP contribution in [-0.2, 0) is 4.74 Å². The van der Waals surface area contributed by atoms with Gasteiger partial charge in [0, 0.05) is 19.6 Å². The van der Waals surface area contributed by atoms with Crippen molar-refractivity contribution in [3.8, 4) is 0 Å². The summed E-state index contributed by atoms with van der Waals surface area (Å²) < 4.78 is 5.55. The summed E-state index contributed by atoms with van der Waals surface area (Å²) in [5.74, 6) is 0. The predicted molar refractivity (Wildman–Crippen MR) is 117 cm³/mol. The zero-order valence-electron chi connectivity index (χ0n) is 16.1. The Morgan fingerprint density at radius 2 is 1.04 bits per heavy atom. The summed E-state index contributed by atoms with van der Waals surface area (Å²) in [6.45, 7) is 4.90. The second-order valence-electron chi connectivity index (χ2n) is 6.99. The Balaban J connectivity index is 0.00000225. The van der Waals surface area contributed by atoms with E-state index in [9.17, 15) is 0 Å². The maximum absolute atomic E-state index is 5.55. The fourth-order valence-electron chi connectivity index (χ4n) is 4.00. The van der Waals surface area contributed by atoms with Crippen molar-refractivity contribution in [2.75, 3.05) is 39.0 Å². The second-order valence-corrected chi connectivity index (χ2v) is 10.6. The van der Waals surface area contributed by atoms with E-state index in [-0.39, 0.29) is 24.0 Å². The van der Waals surface area contributed by atoms with Crippen LogP contribution in [0.25, 0.3) is 0 Å². The van der Waals surface area contributed by atoms with Gasteiger partial charge in [-0.05, 0) is 36.4 Å². The second kappa shape index (κ2) is 10.5. The monoisotopic (exact) mass is 503 g/mol. The van der Waals surface area contributed by atoms with Gasteiger partial charge in [-0.25, -0.2) is 0 Å². The van der Waals surface area contributed by atoms with Crippen LogP contribution in [0.15, 0.2) is 91.0 Å². The van der Waals surface area contributed by atoms with Gasteiger partial charge in [0.1, 0.15) is 23.2 Å². The number of rotatable bonds is 6. The molecule has 0 spiro atoms. The van der Waals surface area contributed by atoms with Crippen LogP contribution in [0.4, 0.5) is 0 Å². The van der Waals surface area contributed by atoms with Gasteiger partial charge in [-0.3, -0.25) is 4.90 Å². The molecule has 2 nitrogen and oxygen atoms in total. The van der Waals surface area contributed by atoms with Crippen molar-refractivity contribution in [2.24, 2.45) is 0 Å². The van der Waals surface area contributed by atoms with E-state index in [1.54, 1.807) is 0 Å². The van der Waals surface area contributed by atoms with E-state index >= 15 is 0 Å². The van der Waals surface area contributed by atoms with Crippen LogP contribution in [0.3, 0.4) is 0 Å². The van der Waals surface area contributed by atoms with Crippen LogP contribution >= 0.6 is 7.26 Å². The van der Waals surface area contributed by atoms with Gasteiger partial charge >= 0.3 is 0 Å². The van der Waals surface area contributed by atoms with Crippen LogP contribution in [0, 0.1) is 0 Å². The van der Waals surface area contributed by atoms with Crippen LogP contribution in [0.5, 0.6) is 0 Å². The normalized spacial score (nSPS) is 15.0. The van der Waals surface area contributed by atoms with Gasteiger partial charge < -0.3 is 28.7 Å². The van der Waals surface area contributed by atoms with Crippen molar-refractivity contribution in [1.29, 1.82) is 0 Å². The highest BCUT2D eigenvalue weighted by molar-refractivity contribution is 7.95. The highest BCUT2D eigenvalue weighted by atomic mass is 127. The standard InChI is InChI=1S/C24H27NOP.HI/c1-4-10-22(11-5-1)27(23-12-6-2-7-13-23,24-14-8-3-9-15-24)21-18-25-16-19-26-20-17-25;/h1-15H,16-21H2;1H/q+1;/p-1. The molecular formula is C24H27INOP. The summed E-state index contributed by atoms with van der Waals surface area (Å²) in [6, 6.07) is 33.4. The van der Waals surface area contributed by atoms with Crippen LogP contribution in [-0.4, -0.2) is 43.9 Å². The molecule has 0 saturated carbocycles. The third kappa shape index (κ3) is 4.65. The molecule has 0 bridgehead atoms. The average Bonchev–Trinajstić information content (AvgIpc) is 2.77. The summed E-state index contributed by atoms with van der Waals surface area (Å²) in [6.07, 6.45) is 1.16. The van der Waals surface area contributed by atoms with Gasteiger partial charge in [0.05, 0.1) is 19.4 Å². The first-order valence-corrected chi connectivity index (χ1v) is 11.7. The van der Waals surface area contributed by atoms with Gasteiger partial charge in [-0.1, -0.05) is 54.6 Å². The van der Waals surface area contributed by atoms with E-state index in [4.69, 9.17) is 4.74 Å². The molecule has 28 heavy (non-hydrogen) atoms. The summed E-state index contributed by atoms with van der Waals surface area (Å²) in [4.78, 5) is 2.56. The van der Waals surface area contributed by atoms with Gasteiger partial charge in [-0.2, -0.15) is 0 Å². The molecule has 146 valence electrons. The van der Waals surface area contributed by atoms with Gasteiger partial charge in [0.15, 0.2) is 0 Å². The van der Waals surface area contributed by atoms with Crippen LogP contribution < -0.4 is 39.9 Å². The van der Waals surface area contributed by atoms with E-state index in [1.807, 2.05) is 0 Å². The molecule has 1 saturated heterocycles. The maximum atomic E-state index is 5.55. The third-order valence-corrected chi connectivity index (χ3v) is 9.86. The van der Waals surface area contributed by atoms with Crippen LogP contribution in [0.1, 0.15) is 0 Å². The molecule has 4 heteroatoms. The van der Waals surface area contributed by atoms with Crippen molar-refractivity contribution >= 4 is 23.2 Å². The first kappa shape index (κ1) is 21.4. The number of nitrogens with zero attached hydrogens (tertiary/aromatic N) is 1. The lowest BCUT2D eigenvalue weighted by Crippen LogP contribution is -3.00. The molecule has 0 unspecified atom stereocenters. The number of benzene rings is 3. The number of hydrogen-bond acceptors (Lipinski definition) is 2. The fraction of sp³-hybridized carbons (Fsp3) is 0.250. The summed E-state index contributed by atoms with van der Waals surface area (Å²) in [5.41, 5.74) is 0. The lowest BCUT2D eigenvalue weighted by Gasteiger charge is -2.32. The van der Waals surface area contributed by atoms with Crippen molar-refractivity contribution < 1.29 is 28.7 Å². The molecule has 4 rings (SSSR count). The molecule has 0 N–H and O–H groups in total. The van der Waals surface area contributed by atoms with Crippen molar-refractivity contribution in [3.63, 3.8) is 0 Å². The first-order chi connectivity index (χ1) is 13.4. The largest absolute Gasteiger partial charge is 1.00 e. The summed E-state index contributed by atoms with van der Waals surface area (Å²) in [7, 11) is -1.70.